The summed E-state index contributed by atoms with van der Waals surface area (Å²) in [7, 11) is -4.02. The maximum absolute atomic E-state index is 13.2. The molecule has 0 unspecified atom stereocenters. The molecular weight excluding hydrogens is 358 g/mol. The van der Waals surface area contributed by atoms with Crippen molar-refractivity contribution in [2.75, 3.05) is 4.31 Å². The summed E-state index contributed by atoms with van der Waals surface area (Å²) in [5.41, 5.74) is 0.108. The Morgan fingerprint density at radius 1 is 1.19 bits per heavy atom. The van der Waals surface area contributed by atoms with Gasteiger partial charge in [-0.2, -0.15) is 0 Å². The molecule has 9 heteroatoms. The molecule has 8 nitrogen and oxygen atoms in total. The molecule has 1 aromatic carbocycles. The van der Waals surface area contributed by atoms with E-state index in [1.54, 1.807) is 30.3 Å². The number of nitro benzene ring substituents is 1. The van der Waals surface area contributed by atoms with Crippen molar-refractivity contribution in [1.82, 2.24) is 4.98 Å². The molecule has 0 aliphatic rings. The van der Waals surface area contributed by atoms with Crippen LogP contribution in [-0.4, -0.2) is 18.3 Å². The fraction of sp³-hybridized carbons (Fsp3) is 0.118. The van der Waals surface area contributed by atoms with E-state index < -0.39 is 14.9 Å². The molecule has 0 N–H and O–H groups in total. The van der Waals surface area contributed by atoms with Gasteiger partial charge in [-0.15, -0.1) is 0 Å². The first-order valence-electron chi connectivity index (χ1n) is 7.61. The molecule has 0 aliphatic heterocycles. The number of rotatable bonds is 6. The third-order valence-corrected chi connectivity index (χ3v) is 5.63. The van der Waals surface area contributed by atoms with Crippen LogP contribution in [0.15, 0.2) is 70.3 Å². The van der Waals surface area contributed by atoms with Crippen molar-refractivity contribution in [3.63, 3.8) is 0 Å². The minimum Gasteiger partial charge on any atom is -0.467 e. The molecule has 0 amide bonds. The lowest BCUT2D eigenvalue weighted by molar-refractivity contribution is -0.385. The summed E-state index contributed by atoms with van der Waals surface area (Å²) in [5.74, 6) is 0.667. The number of aromatic nitrogens is 1. The molecule has 0 radical (unpaired) electrons. The molecule has 26 heavy (non-hydrogen) atoms. The van der Waals surface area contributed by atoms with Gasteiger partial charge in [-0.1, -0.05) is 6.07 Å². The molecule has 3 rings (SSSR count). The van der Waals surface area contributed by atoms with Crippen LogP contribution in [0.2, 0.25) is 0 Å². The summed E-state index contributed by atoms with van der Waals surface area (Å²) in [6.45, 7) is 1.46. The van der Waals surface area contributed by atoms with Gasteiger partial charge in [0.2, 0.25) is 0 Å². The van der Waals surface area contributed by atoms with E-state index in [9.17, 15) is 18.5 Å². The minimum atomic E-state index is -4.02. The Bertz CT molecular complexity index is 1020. The van der Waals surface area contributed by atoms with Gasteiger partial charge in [-0.25, -0.2) is 17.7 Å². The summed E-state index contributed by atoms with van der Waals surface area (Å²) in [6, 6.07) is 11.9. The Morgan fingerprint density at radius 2 is 2.00 bits per heavy atom. The first-order valence-corrected chi connectivity index (χ1v) is 9.05. The summed E-state index contributed by atoms with van der Waals surface area (Å²) in [4.78, 5) is 14.4. The van der Waals surface area contributed by atoms with Crippen LogP contribution in [-0.2, 0) is 16.6 Å². The van der Waals surface area contributed by atoms with Gasteiger partial charge in [0.1, 0.15) is 11.6 Å². The Balaban J connectivity index is 2.09. The van der Waals surface area contributed by atoms with Crippen molar-refractivity contribution in [2.24, 2.45) is 0 Å². The Kier molecular flexibility index (Phi) is 4.72. The van der Waals surface area contributed by atoms with Crippen LogP contribution in [0.5, 0.6) is 0 Å². The van der Waals surface area contributed by atoms with E-state index >= 15 is 0 Å². The third-order valence-electron chi connectivity index (χ3n) is 3.72. The van der Waals surface area contributed by atoms with Crippen molar-refractivity contribution in [3.8, 4) is 0 Å². The fourth-order valence-electron chi connectivity index (χ4n) is 2.49. The van der Waals surface area contributed by atoms with Gasteiger partial charge in [-0.05, 0) is 42.8 Å². The highest BCUT2D eigenvalue weighted by Crippen LogP contribution is 2.28. The zero-order chi connectivity index (χ0) is 18.7. The van der Waals surface area contributed by atoms with E-state index in [2.05, 4.69) is 4.98 Å². The highest BCUT2D eigenvalue weighted by atomic mass is 32.2. The van der Waals surface area contributed by atoms with E-state index in [-0.39, 0.29) is 28.5 Å². The lowest BCUT2D eigenvalue weighted by Crippen LogP contribution is -2.31. The zero-order valence-electron chi connectivity index (χ0n) is 13.8. The highest BCUT2D eigenvalue weighted by molar-refractivity contribution is 7.92. The smallest absolute Gasteiger partial charge is 0.269 e. The number of pyridine rings is 1. The fourth-order valence-corrected chi connectivity index (χ4v) is 4.08. The first kappa shape index (κ1) is 17.6. The second-order valence-electron chi connectivity index (χ2n) is 5.49. The largest absolute Gasteiger partial charge is 0.467 e. The molecule has 134 valence electrons. The van der Waals surface area contributed by atoms with Gasteiger partial charge < -0.3 is 4.42 Å². The van der Waals surface area contributed by atoms with Crippen LogP contribution in [0, 0.1) is 17.0 Å². The van der Waals surface area contributed by atoms with Gasteiger partial charge in [0, 0.05) is 18.3 Å². The van der Waals surface area contributed by atoms with Crippen molar-refractivity contribution >= 4 is 21.5 Å². The number of nitrogens with zero attached hydrogens (tertiary/aromatic N) is 3. The quantitative estimate of drug-likeness (QED) is 0.485. The van der Waals surface area contributed by atoms with Crippen molar-refractivity contribution < 1.29 is 17.8 Å². The summed E-state index contributed by atoms with van der Waals surface area (Å²) >= 11 is 0. The van der Waals surface area contributed by atoms with Gasteiger partial charge in [0.25, 0.3) is 15.7 Å². The molecule has 0 fully saturated rings. The van der Waals surface area contributed by atoms with E-state index in [0.29, 0.717) is 5.76 Å². The second-order valence-corrected chi connectivity index (χ2v) is 7.32. The van der Waals surface area contributed by atoms with Crippen LogP contribution in [0.3, 0.4) is 0 Å². The lowest BCUT2D eigenvalue weighted by Gasteiger charge is -2.23. The molecular formula is C17H15N3O5S. The number of furan rings is 1. The SMILES string of the molecule is Cc1cc([N+](=O)[O-])ccc1S(=O)(=O)N(Cc1ccco1)c1ccccn1. The first-order chi connectivity index (χ1) is 12.4. The molecule has 0 saturated carbocycles. The molecule has 0 saturated heterocycles. The highest BCUT2D eigenvalue weighted by Gasteiger charge is 2.29. The maximum atomic E-state index is 13.2. The number of sulfonamides is 1. The normalized spacial score (nSPS) is 11.3. The molecule has 3 aromatic rings. The monoisotopic (exact) mass is 373 g/mol. The van der Waals surface area contributed by atoms with E-state index in [1.165, 1.54) is 37.6 Å². The molecule has 2 aromatic heterocycles. The van der Waals surface area contributed by atoms with E-state index in [4.69, 9.17) is 4.42 Å². The molecule has 0 spiro atoms. The predicted octanol–water partition coefficient (Wildman–Crippen LogP) is 3.29. The minimum absolute atomic E-state index is 0.0275. The van der Waals surface area contributed by atoms with Crippen LogP contribution < -0.4 is 4.31 Å². The Hall–Kier alpha value is -3.20. The number of hydrogen-bond donors (Lipinski definition) is 0. The van der Waals surface area contributed by atoms with Crippen LogP contribution in [0.4, 0.5) is 11.5 Å². The summed E-state index contributed by atoms with van der Waals surface area (Å²) in [5, 5.41) is 10.9. The Labute approximate surface area is 149 Å². The van der Waals surface area contributed by atoms with E-state index in [0.717, 1.165) is 4.31 Å². The Morgan fingerprint density at radius 3 is 2.58 bits per heavy atom. The van der Waals surface area contributed by atoms with Crippen molar-refractivity contribution in [1.29, 1.82) is 0 Å². The van der Waals surface area contributed by atoms with Crippen LogP contribution >= 0.6 is 0 Å². The van der Waals surface area contributed by atoms with Crippen LogP contribution in [0.25, 0.3) is 0 Å². The number of non-ortho nitro benzene ring substituents is 1. The number of nitro groups is 1. The van der Waals surface area contributed by atoms with Gasteiger partial charge in [-0.3, -0.25) is 10.1 Å². The zero-order valence-corrected chi connectivity index (χ0v) is 14.6. The van der Waals surface area contributed by atoms with Crippen molar-refractivity contribution in [3.05, 3.63) is 82.4 Å². The van der Waals surface area contributed by atoms with Crippen LogP contribution in [0.1, 0.15) is 11.3 Å². The summed E-state index contributed by atoms with van der Waals surface area (Å²) in [6.07, 6.45) is 2.94. The maximum Gasteiger partial charge on any atom is 0.269 e. The number of anilines is 1. The lowest BCUT2D eigenvalue weighted by atomic mass is 10.2. The predicted molar refractivity (Wildman–Crippen MR) is 94.1 cm³/mol. The average molecular weight is 373 g/mol. The molecule has 0 aliphatic carbocycles. The average Bonchev–Trinajstić information content (AvgIpc) is 3.13. The number of benzene rings is 1. The summed E-state index contributed by atoms with van der Waals surface area (Å²) < 4.78 is 32.9. The standard InChI is InChI=1S/C17H15N3O5S/c1-13-11-14(20(21)22)7-8-16(13)26(23,24)19(12-15-5-4-10-25-15)17-6-2-3-9-18-17/h2-11H,12H2,1H3. The topological polar surface area (TPSA) is 107 Å². The third kappa shape index (κ3) is 3.42. The van der Waals surface area contributed by atoms with E-state index in [1.807, 2.05) is 0 Å². The van der Waals surface area contributed by atoms with Gasteiger partial charge in [0.15, 0.2) is 0 Å². The molecule has 0 bridgehead atoms. The van der Waals surface area contributed by atoms with Gasteiger partial charge in [0.05, 0.1) is 22.6 Å². The molecule has 2 heterocycles. The second kappa shape index (κ2) is 6.96. The number of aryl methyl sites for hydroxylation is 1. The number of hydrogen-bond acceptors (Lipinski definition) is 6. The van der Waals surface area contributed by atoms with Gasteiger partial charge >= 0.3 is 0 Å². The molecule has 0 atom stereocenters. The van der Waals surface area contributed by atoms with Crippen molar-refractivity contribution in [2.45, 2.75) is 18.4 Å².